The van der Waals surface area contributed by atoms with Gasteiger partial charge in [-0.25, -0.2) is 4.39 Å². The van der Waals surface area contributed by atoms with Crippen molar-refractivity contribution in [1.82, 2.24) is 15.0 Å². The number of carbonyl (C=O) groups is 6. The van der Waals surface area contributed by atoms with Crippen molar-refractivity contribution in [2.45, 2.75) is 87.1 Å². The van der Waals surface area contributed by atoms with Gasteiger partial charge in [0.05, 0.1) is 69.2 Å². The Balaban J connectivity index is 0.000000114. The first-order valence-corrected chi connectivity index (χ1v) is 25.6. The zero-order chi connectivity index (χ0) is 52.0. The normalized spacial score (nSPS) is 21.6. The van der Waals surface area contributed by atoms with Gasteiger partial charge < -0.3 is 35.8 Å². The van der Waals surface area contributed by atoms with Crippen molar-refractivity contribution in [2.75, 3.05) is 44.3 Å². The van der Waals surface area contributed by atoms with E-state index in [9.17, 15) is 33.2 Å². The van der Waals surface area contributed by atoms with Crippen molar-refractivity contribution in [3.05, 3.63) is 160 Å². The summed E-state index contributed by atoms with van der Waals surface area (Å²) in [6.45, 7) is 4.97. The summed E-state index contributed by atoms with van der Waals surface area (Å²) in [7, 11) is 0. The number of rotatable bonds is 9. The average Bonchev–Trinajstić information content (AvgIpc) is 4.25. The highest BCUT2D eigenvalue weighted by molar-refractivity contribution is 6.34. The van der Waals surface area contributed by atoms with E-state index in [0.29, 0.717) is 58.3 Å². The number of pyridine rings is 3. The standard InChI is InChI=1S/C19H16ClN3O2.C19H16FN3O2.C19H19N3O3/c20-15-9-21-6-5-12(15)17(24)22-11-3-4-13-16(7-11)23-18(25)19(13)8-14(19)10-1-2-10;20-15-10-21-8-5-13(15)17(24)22-11-1-4-14-16(9-11)23(12-2-3-12)18(25)19(14)6-7-19;1-19(2)15-4-3-13(21-17(23)12-5-7-20-8-6-12)9-16(15)22(18(19)24)14-10-25-11-14/h3-7,9-10,14H,1-2,8H2,(H,22,24)(H,23,25);1,4-5,8-10,12H,2-3,6-7H2,(H,22,24);3-9,14H,10-11H2,1-2H3,(H,21,23)/t14?,19-;;/m0../s1. The minimum absolute atomic E-state index is 0.0516. The first-order valence-electron chi connectivity index (χ1n) is 25.2. The molecular formula is C57H51ClFN9O7. The number of halogens is 2. The SMILES string of the molecule is CC1(C)C(=O)N(C2COC2)c2cc(NC(=O)c3ccncc3)ccc21.O=C(Nc1ccc2c(c1)N(C1CC1)C(=O)C21CC1)c1ccncc1F.O=C(Nc1ccc2c(c1)NC(=O)[C@@]21CC1C1CC1)c1ccncc1Cl. The third kappa shape index (κ3) is 8.47. The summed E-state index contributed by atoms with van der Waals surface area (Å²) in [6, 6.07) is 23.5. The molecule has 1 saturated heterocycles. The molecule has 2 spiro atoms. The summed E-state index contributed by atoms with van der Waals surface area (Å²) in [6.07, 6.45) is 15.8. The quantitative estimate of drug-likeness (QED) is 0.108. The maximum atomic E-state index is 13.7. The molecule has 8 aliphatic rings. The van der Waals surface area contributed by atoms with Gasteiger partial charge in [-0.05, 0) is 148 Å². The molecule has 4 saturated carbocycles. The van der Waals surface area contributed by atoms with Crippen molar-refractivity contribution in [3.8, 4) is 0 Å². The van der Waals surface area contributed by atoms with Gasteiger partial charge in [0, 0.05) is 65.3 Å². The number of nitrogens with zero attached hydrogens (tertiary/aromatic N) is 5. The van der Waals surface area contributed by atoms with E-state index >= 15 is 0 Å². The first-order chi connectivity index (χ1) is 36.2. The molecule has 4 N–H and O–H groups in total. The van der Waals surface area contributed by atoms with E-state index in [2.05, 4.69) is 36.2 Å². The summed E-state index contributed by atoms with van der Waals surface area (Å²) in [4.78, 5) is 90.4. The van der Waals surface area contributed by atoms with Gasteiger partial charge in [-0.1, -0.05) is 29.8 Å². The van der Waals surface area contributed by atoms with Gasteiger partial charge in [0.1, 0.15) is 0 Å². The lowest BCUT2D eigenvalue weighted by atomic mass is 9.86. The van der Waals surface area contributed by atoms with Crippen molar-refractivity contribution >= 4 is 81.2 Å². The summed E-state index contributed by atoms with van der Waals surface area (Å²) in [5, 5.41) is 11.8. The lowest BCUT2D eigenvalue weighted by Gasteiger charge is -2.35. The Morgan fingerprint density at radius 1 is 0.667 bits per heavy atom. The highest BCUT2D eigenvalue weighted by Gasteiger charge is 2.68. The number of nitrogens with one attached hydrogen (secondary N) is 4. The van der Waals surface area contributed by atoms with E-state index in [1.807, 2.05) is 72.2 Å². The fourth-order valence-corrected chi connectivity index (χ4v) is 11.4. The third-order valence-corrected chi connectivity index (χ3v) is 16.1. The molecule has 0 radical (unpaired) electrons. The maximum absolute atomic E-state index is 13.7. The predicted octanol–water partition coefficient (Wildman–Crippen LogP) is 8.98. The zero-order valence-electron chi connectivity index (χ0n) is 41.0. The van der Waals surface area contributed by atoms with Crippen LogP contribution in [-0.2, 0) is 35.4 Å². The molecule has 3 aromatic carbocycles. The Morgan fingerprint density at radius 2 is 1.24 bits per heavy atom. The molecular weight excluding hydrogens is 977 g/mol. The minimum Gasteiger partial charge on any atom is -0.377 e. The Morgan fingerprint density at radius 3 is 1.85 bits per heavy atom. The molecule has 4 aliphatic heterocycles. The second kappa shape index (κ2) is 18.2. The van der Waals surface area contributed by atoms with E-state index < -0.39 is 17.1 Å². The van der Waals surface area contributed by atoms with Crippen LogP contribution in [0.2, 0.25) is 5.02 Å². The van der Waals surface area contributed by atoms with Crippen LogP contribution < -0.4 is 31.1 Å². The molecule has 0 bridgehead atoms. The molecule has 7 heterocycles. The number of anilines is 6. The number of ether oxygens (including phenoxy) is 1. The molecule has 75 heavy (non-hydrogen) atoms. The number of carbonyl (C=O) groups excluding carboxylic acids is 6. The zero-order valence-corrected chi connectivity index (χ0v) is 41.7. The molecule has 5 fully saturated rings. The Hall–Kier alpha value is -7.89. The average molecular weight is 1030 g/mol. The van der Waals surface area contributed by atoms with Gasteiger partial charge in [-0.15, -0.1) is 0 Å². The van der Waals surface area contributed by atoms with Crippen molar-refractivity contribution in [2.24, 2.45) is 11.8 Å². The Bertz CT molecular complexity index is 3400. The van der Waals surface area contributed by atoms with E-state index in [1.165, 1.54) is 37.5 Å². The Labute approximate surface area is 435 Å². The largest absolute Gasteiger partial charge is 0.377 e. The van der Waals surface area contributed by atoms with Crippen LogP contribution in [0, 0.1) is 17.7 Å². The summed E-state index contributed by atoms with van der Waals surface area (Å²) < 4.78 is 19.0. The number of fused-ring (bicyclic) bond motifs is 5. The number of amides is 6. The van der Waals surface area contributed by atoms with Crippen LogP contribution in [0.15, 0.2) is 116 Å². The van der Waals surface area contributed by atoms with Crippen LogP contribution in [-0.4, -0.2) is 75.7 Å². The van der Waals surface area contributed by atoms with E-state index in [-0.39, 0.29) is 58.0 Å². The molecule has 16 nitrogen and oxygen atoms in total. The van der Waals surface area contributed by atoms with Crippen LogP contribution in [0.4, 0.5) is 38.5 Å². The lowest BCUT2D eigenvalue weighted by molar-refractivity contribution is -0.124. The van der Waals surface area contributed by atoms with Crippen LogP contribution in [0.1, 0.15) is 107 Å². The van der Waals surface area contributed by atoms with E-state index in [0.717, 1.165) is 72.1 Å². The van der Waals surface area contributed by atoms with Gasteiger partial charge in [0.15, 0.2) is 5.82 Å². The second-order valence-corrected chi connectivity index (χ2v) is 21.5. The van der Waals surface area contributed by atoms with Gasteiger partial charge in [0.2, 0.25) is 17.7 Å². The third-order valence-electron chi connectivity index (χ3n) is 15.8. The molecule has 2 atom stereocenters. The van der Waals surface area contributed by atoms with E-state index in [1.54, 1.807) is 36.7 Å². The van der Waals surface area contributed by atoms with Crippen molar-refractivity contribution in [1.29, 1.82) is 0 Å². The van der Waals surface area contributed by atoms with Crippen LogP contribution in [0.5, 0.6) is 0 Å². The van der Waals surface area contributed by atoms with Crippen molar-refractivity contribution < 1.29 is 37.9 Å². The van der Waals surface area contributed by atoms with Gasteiger partial charge >= 0.3 is 0 Å². The molecule has 3 aromatic heterocycles. The molecule has 14 rings (SSSR count). The number of benzene rings is 3. The molecule has 18 heteroatoms. The monoisotopic (exact) mass is 1030 g/mol. The second-order valence-electron chi connectivity index (χ2n) is 21.1. The molecule has 4 aliphatic carbocycles. The molecule has 380 valence electrons. The fourth-order valence-electron chi connectivity index (χ4n) is 11.2. The van der Waals surface area contributed by atoms with Crippen LogP contribution in [0.3, 0.4) is 0 Å². The first kappa shape index (κ1) is 48.1. The molecule has 6 amide bonds. The smallest absolute Gasteiger partial charge is 0.258 e. The van der Waals surface area contributed by atoms with E-state index in [4.69, 9.17) is 16.3 Å². The van der Waals surface area contributed by atoms with Gasteiger partial charge in [-0.2, -0.15) is 0 Å². The lowest BCUT2D eigenvalue weighted by Crippen LogP contribution is -2.52. The summed E-state index contributed by atoms with van der Waals surface area (Å²) in [5.74, 6) is -0.0915. The predicted molar refractivity (Wildman–Crippen MR) is 279 cm³/mol. The maximum Gasteiger partial charge on any atom is 0.258 e. The number of hydrogen-bond donors (Lipinski definition) is 4. The van der Waals surface area contributed by atoms with Crippen molar-refractivity contribution in [3.63, 3.8) is 0 Å². The van der Waals surface area contributed by atoms with Crippen LogP contribution in [0.25, 0.3) is 0 Å². The summed E-state index contributed by atoms with van der Waals surface area (Å²) >= 11 is 6.02. The topological polar surface area (TPSA) is 205 Å². The molecule has 1 unspecified atom stereocenters. The minimum atomic E-state index is -0.659. The fraction of sp³-hybridized carbons (Fsp3) is 0.316. The molecule has 6 aromatic rings. The van der Waals surface area contributed by atoms with Crippen LogP contribution >= 0.6 is 11.6 Å². The highest BCUT2D eigenvalue weighted by Crippen LogP contribution is 2.67. The number of aromatic nitrogens is 3. The summed E-state index contributed by atoms with van der Waals surface area (Å²) in [5.41, 5.74) is 7.21. The van der Waals surface area contributed by atoms with Gasteiger partial charge in [0.25, 0.3) is 17.7 Å². The number of hydrogen-bond acceptors (Lipinski definition) is 10. The Kier molecular flexibility index (Phi) is 11.7. The van der Waals surface area contributed by atoms with Gasteiger partial charge in [-0.3, -0.25) is 43.7 Å². The highest BCUT2D eigenvalue weighted by atomic mass is 35.5.